The van der Waals surface area contributed by atoms with E-state index in [9.17, 15) is 0 Å². The molecule has 0 fully saturated rings. The van der Waals surface area contributed by atoms with E-state index in [1.807, 2.05) is 6.92 Å². The Bertz CT molecular complexity index is 55.2. The maximum absolute atomic E-state index is 4.97. The summed E-state index contributed by atoms with van der Waals surface area (Å²) < 4.78 is 0. The predicted octanol–water partition coefficient (Wildman–Crippen LogP) is 1.74. The van der Waals surface area contributed by atoms with Gasteiger partial charge in [-0.05, 0) is 0 Å². The molecule has 0 bridgehead atoms. The Morgan fingerprint density at radius 3 is 2.43 bits per heavy atom. The molecule has 0 aromatic rings. The molecule has 0 aliphatic carbocycles. The molecule has 0 aromatic heterocycles. The summed E-state index contributed by atoms with van der Waals surface area (Å²) in [7, 11) is 0. The van der Waals surface area contributed by atoms with Crippen molar-refractivity contribution in [3.8, 4) is 0 Å². The van der Waals surface area contributed by atoms with Crippen LogP contribution in [0.25, 0.3) is 0 Å². The van der Waals surface area contributed by atoms with Gasteiger partial charge >= 0.3 is 0 Å². The van der Waals surface area contributed by atoms with Crippen LogP contribution in [0.1, 0.15) is 13.3 Å². The maximum Gasteiger partial charge on any atom is 0 e. The molecule has 0 N–H and O–H groups in total. The minimum atomic E-state index is 0. The van der Waals surface area contributed by atoms with E-state index in [0.717, 1.165) is 6.42 Å². The summed E-state index contributed by atoms with van der Waals surface area (Å²) in [6.07, 6.45) is 7.01. The van der Waals surface area contributed by atoms with Crippen molar-refractivity contribution in [1.82, 2.24) is 0 Å². The van der Waals surface area contributed by atoms with Crippen molar-refractivity contribution in [3.63, 3.8) is 0 Å². The van der Waals surface area contributed by atoms with Crippen LogP contribution in [-0.4, -0.2) is 0 Å². The molecule has 37 valence electrons. The second kappa shape index (κ2) is 9.77. The van der Waals surface area contributed by atoms with Crippen LogP contribution in [0.4, 0.5) is 0 Å². The Kier molecular flexibility index (Phi) is 14.7. The largest absolute Gasteiger partial charge is 0.394 e. The predicted molar refractivity (Wildman–Crippen MR) is 27.0 cm³/mol. The van der Waals surface area contributed by atoms with Gasteiger partial charge in [-0.2, -0.15) is 0 Å². The molecule has 0 saturated heterocycles. The van der Waals surface area contributed by atoms with Crippen molar-refractivity contribution in [3.05, 3.63) is 24.8 Å². The normalized spacial score (nSPS) is 8.14. The van der Waals surface area contributed by atoms with Gasteiger partial charge in [0.1, 0.15) is 0 Å². The standard InChI is InChI=1S/C6H8.Y/c1-3-5-6-4-2;/h1,3,5H,4H2,2H3;/q-2;. The average molecular weight is 169 g/mol. The quantitative estimate of drug-likeness (QED) is 0.436. The van der Waals surface area contributed by atoms with E-state index < -0.39 is 0 Å². The van der Waals surface area contributed by atoms with Crippen molar-refractivity contribution in [2.24, 2.45) is 0 Å². The third kappa shape index (κ3) is 10.8. The monoisotopic (exact) mass is 169 g/mol. The fourth-order valence-electron chi connectivity index (χ4n) is 0.186. The minimum Gasteiger partial charge on any atom is -0.394 e. The zero-order valence-corrected chi connectivity index (χ0v) is 7.35. The third-order valence-corrected chi connectivity index (χ3v) is 0.418. The fraction of sp³-hybridized carbons (Fsp3) is 0.333. The molecular formula is C6H8Y-2. The molecule has 7 heavy (non-hydrogen) atoms. The summed E-state index contributed by atoms with van der Waals surface area (Å²) >= 11 is 0. The molecule has 0 saturated carbocycles. The molecule has 0 amide bonds. The van der Waals surface area contributed by atoms with E-state index in [0.29, 0.717) is 0 Å². The molecule has 0 aliphatic rings. The number of hydrogen-bond donors (Lipinski definition) is 0. The second-order valence-corrected chi connectivity index (χ2v) is 0.917. The van der Waals surface area contributed by atoms with Crippen molar-refractivity contribution in [1.29, 1.82) is 0 Å². The topological polar surface area (TPSA) is 0 Å². The molecule has 0 aromatic carbocycles. The fourth-order valence-corrected chi connectivity index (χ4v) is 0.186. The number of hydrogen-bond acceptors (Lipinski definition) is 0. The van der Waals surface area contributed by atoms with Crippen LogP contribution < -0.4 is 0 Å². The minimum absolute atomic E-state index is 0. The first-order chi connectivity index (χ1) is 2.91. The SMILES string of the molecule is [CH-]=CC=[C-]CC.[Y]. The molecule has 0 atom stereocenters. The van der Waals surface area contributed by atoms with E-state index in [1.165, 1.54) is 6.08 Å². The Morgan fingerprint density at radius 2 is 2.29 bits per heavy atom. The van der Waals surface area contributed by atoms with E-state index in [1.54, 1.807) is 6.08 Å². The van der Waals surface area contributed by atoms with Crippen molar-refractivity contribution in [2.45, 2.75) is 13.3 Å². The molecule has 0 unspecified atom stereocenters. The Hall–Kier alpha value is 0.584. The zero-order valence-electron chi connectivity index (χ0n) is 4.52. The summed E-state index contributed by atoms with van der Waals surface area (Å²) in [6.45, 7) is 6.99. The van der Waals surface area contributed by atoms with Gasteiger partial charge in [0, 0.05) is 32.7 Å². The summed E-state index contributed by atoms with van der Waals surface area (Å²) in [4.78, 5) is 0. The van der Waals surface area contributed by atoms with Gasteiger partial charge in [0.05, 0.1) is 0 Å². The average Bonchev–Trinajstić information content (AvgIpc) is 1.61. The van der Waals surface area contributed by atoms with Crippen LogP contribution >= 0.6 is 0 Å². The van der Waals surface area contributed by atoms with Crippen molar-refractivity contribution in [2.75, 3.05) is 0 Å². The van der Waals surface area contributed by atoms with Gasteiger partial charge < -0.3 is 24.8 Å². The van der Waals surface area contributed by atoms with Gasteiger partial charge in [0.25, 0.3) is 0 Å². The summed E-state index contributed by atoms with van der Waals surface area (Å²) in [5, 5.41) is 0. The van der Waals surface area contributed by atoms with Gasteiger partial charge in [-0.25, -0.2) is 0 Å². The maximum atomic E-state index is 4.97. The molecule has 0 heterocycles. The van der Waals surface area contributed by atoms with Crippen LogP contribution in [0, 0.1) is 12.7 Å². The Balaban J connectivity index is 0. The van der Waals surface area contributed by atoms with Crippen LogP contribution in [0.5, 0.6) is 0 Å². The van der Waals surface area contributed by atoms with E-state index in [-0.39, 0.29) is 32.7 Å². The van der Waals surface area contributed by atoms with Crippen molar-refractivity contribution >= 4 is 0 Å². The smallest absolute Gasteiger partial charge is 0 e. The summed E-state index contributed by atoms with van der Waals surface area (Å²) in [5.74, 6) is 0. The Labute approximate surface area is 70.6 Å². The van der Waals surface area contributed by atoms with Gasteiger partial charge in [-0.3, -0.25) is 0 Å². The van der Waals surface area contributed by atoms with Gasteiger partial charge in [-0.1, -0.05) is 6.92 Å². The van der Waals surface area contributed by atoms with Gasteiger partial charge in [0.15, 0.2) is 0 Å². The summed E-state index contributed by atoms with van der Waals surface area (Å²) in [5.41, 5.74) is 0. The Morgan fingerprint density at radius 1 is 1.71 bits per heavy atom. The molecule has 0 rings (SSSR count). The third-order valence-electron chi connectivity index (χ3n) is 0.418. The molecule has 0 aliphatic heterocycles. The molecular weight excluding hydrogens is 161 g/mol. The zero-order chi connectivity index (χ0) is 4.83. The molecule has 1 radical (unpaired) electrons. The first-order valence-electron chi connectivity index (χ1n) is 2.02. The van der Waals surface area contributed by atoms with Crippen LogP contribution in [-0.2, 0) is 32.7 Å². The van der Waals surface area contributed by atoms with Crippen LogP contribution in [0.15, 0.2) is 12.2 Å². The summed E-state index contributed by atoms with van der Waals surface area (Å²) in [6, 6.07) is 0. The van der Waals surface area contributed by atoms with Crippen LogP contribution in [0.3, 0.4) is 0 Å². The first-order valence-corrected chi connectivity index (χ1v) is 2.02. The number of rotatable bonds is 2. The first kappa shape index (κ1) is 10.5. The molecule has 0 spiro atoms. The number of allylic oxidation sites excluding steroid dienone is 3. The van der Waals surface area contributed by atoms with E-state index in [2.05, 4.69) is 6.08 Å². The van der Waals surface area contributed by atoms with Gasteiger partial charge in [0.2, 0.25) is 0 Å². The molecule has 1 heteroatoms. The molecule has 0 nitrogen and oxygen atoms in total. The van der Waals surface area contributed by atoms with E-state index in [4.69, 9.17) is 6.58 Å². The van der Waals surface area contributed by atoms with E-state index >= 15 is 0 Å². The van der Waals surface area contributed by atoms with Gasteiger partial charge in [-0.15, -0.1) is 6.42 Å². The van der Waals surface area contributed by atoms with Crippen molar-refractivity contribution < 1.29 is 32.7 Å². The second-order valence-electron chi connectivity index (χ2n) is 0.917. The van der Waals surface area contributed by atoms with Crippen LogP contribution in [0.2, 0.25) is 0 Å².